The summed E-state index contributed by atoms with van der Waals surface area (Å²) in [6.07, 6.45) is 1.09. The topological polar surface area (TPSA) is 63.6 Å². The Bertz CT molecular complexity index is 616. The maximum Gasteiger partial charge on any atom is 0.162 e. The first-order valence-electron chi connectivity index (χ1n) is 7.73. The lowest BCUT2D eigenvalue weighted by atomic mass is 10.1. The van der Waals surface area contributed by atoms with Gasteiger partial charge in [-0.25, -0.2) is 4.98 Å². The molecule has 0 spiro atoms. The fourth-order valence-electron chi connectivity index (χ4n) is 2.01. The van der Waals surface area contributed by atoms with Gasteiger partial charge in [-0.3, -0.25) is 0 Å². The molecule has 23 heavy (non-hydrogen) atoms. The molecule has 1 aromatic heterocycles. The molecule has 0 aliphatic rings. The highest BCUT2D eigenvalue weighted by Crippen LogP contribution is 2.29. The lowest BCUT2D eigenvalue weighted by Crippen LogP contribution is -2.24. The predicted molar refractivity (Wildman–Crippen MR) is 92.0 cm³/mol. The van der Waals surface area contributed by atoms with Crippen molar-refractivity contribution < 1.29 is 14.6 Å². The third-order valence-corrected chi connectivity index (χ3v) is 4.48. The van der Waals surface area contributed by atoms with Crippen LogP contribution < -0.4 is 14.8 Å². The van der Waals surface area contributed by atoms with Crippen molar-refractivity contribution in [1.29, 1.82) is 0 Å². The second-order valence-electron chi connectivity index (χ2n) is 5.35. The fourth-order valence-corrected chi connectivity index (χ4v) is 2.70. The van der Waals surface area contributed by atoms with Crippen LogP contribution in [0.15, 0.2) is 23.6 Å². The molecule has 1 aromatic carbocycles. The molecule has 2 N–H and O–H groups in total. The van der Waals surface area contributed by atoms with Crippen molar-refractivity contribution in [3.63, 3.8) is 0 Å². The Balaban J connectivity index is 2.02. The minimum atomic E-state index is -0.0451. The summed E-state index contributed by atoms with van der Waals surface area (Å²) < 4.78 is 11.2. The molecular weight excluding hydrogens is 312 g/mol. The van der Waals surface area contributed by atoms with Crippen LogP contribution in [0.3, 0.4) is 0 Å². The predicted octanol–water partition coefficient (Wildman–Crippen LogP) is 3.11. The molecule has 1 atom stereocenters. The van der Waals surface area contributed by atoms with Gasteiger partial charge >= 0.3 is 0 Å². The van der Waals surface area contributed by atoms with Gasteiger partial charge in [0.05, 0.1) is 19.4 Å². The van der Waals surface area contributed by atoms with Crippen LogP contribution >= 0.6 is 11.3 Å². The molecule has 0 aliphatic heterocycles. The van der Waals surface area contributed by atoms with Gasteiger partial charge < -0.3 is 19.9 Å². The summed E-state index contributed by atoms with van der Waals surface area (Å²) in [5.41, 5.74) is 1.82. The fraction of sp³-hybridized carbons (Fsp3) is 0.471. The molecule has 0 radical (unpaired) electrons. The largest absolute Gasteiger partial charge is 0.493 e. The molecule has 0 saturated heterocycles. The Morgan fingerprint density at radius 1 is 1.35 bits per heavy atom. The summed E-state index contributed by atoms with van der Waals surface area (Å²) in [6, 6.07) is 6.43. The van der Waals surface area contributed by atoms with Gasteiger partial charge in [-0.1, -0.05) is 13.0 Å². The summed E-state index contributed by atoms with van der Waals surface area (Å²) in [4.78, 5) is 4.28. The van der Waals surface area contributed by atoms with E-state index in [1.807, 2.05) is 23.6 Å². The van der Waals surface area contributed by atoms with Crippen LogP contribution in [0.5, 0.6) is 11.5 Å². The van der Waals surface area contributed by atoms with Gasteiger partial charge in [0.25, 0.3) is 0 Å². The highest BCUT2D eigenvalue weighted by molar-refractivity contribution is 7.09. The summed E-state index contributed by atoms with van der Waals surface area (Å²) >= 11 is 1.48. The van der Waals surface area contributed by atoms with E-state index >= 15 is 0 Å². The highest BCUT2D eigenvalue weighted by atomic mass is 32.1. The number of nitrogens with one attached hydrogen (secondary N) is 1. The van der Waals surface area contributed by atoms with Crippen LogP contribution in [-0.4, -0.2) is 23.2 Å². The van der Waals surface area contributed by atoms with Crippen LogP contribution in [0, 0.1) is 0 Å². The number of methoxy groups -OCH3 is 1. The first-order chi connectivity index (χ1) is 11.2. The lowest BCUT2D eigenvalue weighted by Gasteiger charge is -2.14. The number of ether oxygens (including phenoxy) is 2. The van der Waals surface area contributed by atoms with Crippen molar-refractivity contribution in [2.24, 2.45) is 0 Å². The molecule has 0 bridgehead atoms. The maximum atomic E-state index is 9.06. The molecule has 0 saturated carbocycles. The van der Waals surface area contributed by atoms with Gasteiger partial charge in [0, 0.05) is 18.0 Å². The number of thiazole rings is 1. The summed E-state index contributed by atoms with van der Waals surface area (Å²) in [6.45, 7) is 5.44. The van der Waals surface area contributed by atoms with Crippen LogP contribution in [0.1, 0.15) is 36.5 Å². The Morgan fingerprint density at radius 2 is 2.17 bits per heavy atom. The van der Waals surface area contributed by atoms with Crippen molar-refractivity contribution in [1.82, 2.24) is 10.3 Å². The molecule has 2 aromatic rings. The zero-order valence-corrected chi connectivity index (χ0v) is 14.7. The number of nitrogens with zero attached hydrogens (tertiary/aromatic N) is 1. The number of benzene rings is 1. The molecule has 126 valence electrons. The van der Waals surface area contributed by atoms with E-state index in [0.29, 0.717) is 29.8 Å². The SMILES string of the molecule is CCC(C)NCc1ccc(OC)c(OCc2nc(CO)cs2)c1. The van der Waals surface area contributed by atoms with Gasteiger partial charge in [-0.05, 0) is 31.0 Å². The molecule has 0 fully saturated rings. The monoisotopic (exact) mass is 336 g/mol. The number of aliphatic hydroxyl groups is 1. The standard InChI is InChI=1S/C17H24N2O3S/c1-4-12(2)18-8-13-5-6-15(21-3)16(7-13)22-10-17-19-14(9-20)11-23-17/h5-7,11-12,18,20H,4,8-10H2,1-3H3. The van der Waals surface area contributed by atoms with E-state index < -0.39 is 0 Å². The Hall–Kier alpha value is -1.63. The average Bonchev–Trinajstić information content (AvgIpc) is 3.05. The minimum absolute atomic E-state index is 0.0451. The normalized spacial score (nSPS) is 12.2. The first-order valence-corrected chi connectivity index (χ1v) is 8.61. The summed E-state index contributed by atoms with van der Waals surface area (Å²) in [7, 11) is 1.63. The third-order valence-electron chi connectivity index (χ3n) is 3.61. The number of rotatable bonds is 9. The van der Waals surface area contributed by atoms with Crippen molar-refractivity contribution >= 4 is 11.3 Å². The zero-order chi connectivity index (χ0) is 16.7. The summed E-state index contributed by atoms with van der Waals surface area (Å²) in [5, 5.41) is 15.2. The Labute approximate surface area is 141 Å². The zero-order valence-electron chi connectivity index (χ0n) is 13.8. The van der Waals surface area contributed by atoms with Crippen LogP contribution in [-0.2, 0) is 19.8 Å². The quantitative estimate of drug-likeness (QED) is 0.737. The second-order valence-corrected chi connectivity index (χ2v) is 6.30. The van der Waals surface area contributed by atoms with E-state index in [4.69, 9.17) is 14.6 Å². The lowest BCUT2D eigenvalue weighted by molar-refractivity contribution is 0.272. The minimum Gasteiger partial charge on any atom is -0.493 e. The molecule has 2 rings (SSSR count). The number of hydrogen-bond donors (Lipinski definition) is 2. The first kappa shape index (κ1) is 17.7. The van der Waals surface area contributed by atoms with E-state index in [9.17, 15) is 0 Å². The van der Waals surface area contributed by atoms with Gasteiger partial charge in [0.2, 0.25) is 0 Å². The Morgan fingerprint density at radius 3 is 2.83 bits per heavy atom. The molecule has 6 heteroatoms. The molecular formula is C17H24N2O3S. The maximum absolute atomic E-state index is 9.06. The van der Waals surface area contributed by atoms with E-state index in [-0.39, 0.29) is 6.61 Å². The van der Waals surface area contributed by atoms with Gasteiger partial charge in [-0.15, -0.1) is 11.3 Å². The smallest absolute Gasteiger partial charge is 0.162 e. The van der Waals surface area contributed by atoms with E-state index in [2.05, 4.69) is 24.1 Å². The van der Waals surface area contributed by atoms with Crippen LogP contribution in [0.4, 0.5) is 0 Å². The number of aromatic nitrogens is 1. The van der Waals surface area contributed by atoms with E-state index in [1.165, 1.54) is 11.3 Å². The Kier molecular flexibility index (Phi) is 6.83. The highest BCUT2D eigenvalue weighted by Gasteiger charge is 2.09. The molecule has 0 aliphatic carbocycles. The van der Waals surface area contributed by atoms with E-state index in [0.717, 1.165) is 23.5 Å². The molecule has 1 unspecified atom stereocenters. The van der Waals surface area contributed by atoms with Crippen molar-refractivity contribution in [2.45, 2.75) is 46.1 Å². The van der Waals surface area contributed by atoms with Gasteiger partial charge in [0.15, 0.2) is 11.5 Å². The van der Waals surface area contributed by atoms with Crippen LogP contribution in [0.2, 0.25) is 0 Å². The number of hydrogen-bond acceptors (Lipinski definition) is 6. The van der Waals surface area contributed by atoms with E-state index in [1.54, 1.807) is 7.11 Å². The second kappa shape index (κ2) is 8.86. The van der Waals surface area contributed by atoms with Crippen molar-refractivity contribution in [3.8, 4) is 11.5 Å². The van der Waals surface area contributed by atoms with Gasteiger partial charge in [0.1, 0.15) is 11.6 Å². The summed E-state index contributed by atoms with van der Waals surface area (Å²) in [5.74, 6) is 1.41. The molecule has 5 nitrogen and oxygen atoms in total. The van der Waals surface area contributed by atoms with Crippen molar-refractivity contribution in [2.75, 3.05) is 7.11 Å². The molecule has 0 amide bonds. The third kappa shape index (κ3) is 5.20. The van der Waals surface area contributed by atoms with Crippen molar-refractivity contribution in [3.05, 3.63) is 39.8 Å². The molecule has 1 heterocycles. The number of aliphatic hydroxyl groups excluding tert-OH is 1. The van der Waals surface area contributed by atoms with Crippen LogP contribution in [0.25, 0.3) is 0 Å². The average molecular weight is 336 g/mol. The van der Waals surface area contributed by atoms with Gasteiger partial charge in [-0.2, -0.15) is 0 Å².